The summed E-state index contributed by atoms with van der Waals surface area (Å²) in [5.74, 6) is 1.64. The van der Waals surface area contributed by atoms with Gasteiger partial charge in [-0.15, -0.1) is 11.8 Å². The Morgan fingerprint density at radius 2 is 1.94 bits per heavy atom. The van der Waals surface area contributed by atoms with E-state index in [1.165, 1.54) is 6.42 Å². The number of rotatable bonds is 7. The molecule has 2 heterocycles. The van der Waals surface area contributed by atoms with E-state index < -0.39 is 0 Å². The van der Waals surface area contributed by atoms with Crippen molar-refractivity contribution in [3.63, 3.8) is 0 Å². The first-order valence-electron chi connectivity index (χ1n) is 12.3. The van der Waals surface area contributed by atoms with Crippen molar-refractivity contribution >= 4 is 29.3 Å². The van der Waals surface area contributed by atoms with Crippen LogP contribution in [0.25, 0.3) is 11.4 Å². The lowest BCUT2D eigenvalue weighted by Gasteiger charge is -2.35. The molecule has 0 bridgehead atoms. The van der Waals surface area contributed by atoms with Crippen LogP contribution in [0.4, 0.5) is 16.3 Å². The predicted molar refractivity (Wildman–Crippen MR) is 141 cm³/mol. The van der Waals surface area contributed by atoms with Gasteiger partial charge in [0.15, 0.2) is 5.82 Å². The van der Waals surface area contributed by atoms with Crippen LogP contribution in [0.3, 0.4) is 0 Å². The van der Waals surface area contributed by atoms with Crippen molar-refractivity contribution in [2.24, 2.45) is 0 Å². The van der Waals surface area contributed by atoms with Crippen LogP contribution in [0.1, 0.15) is 59.6 Å². The number of hydrogen-bond donors (Lipinski definition) is 2. The Morgan fingerprint density at radius 1 is 1.21 bits per heavy atom. The highest BCUT2D eigenvalue weighted by Gasteiger charge is 2.29. The Balaban J connectivity index is 1.61. The van der Waals surface area contributed by atoms with Gasteiger partial charge in [0, 0.05) is 29.9 Å². The molecule has 2 fully saturated rings. The van der Waals surface area contributed by atoms with Crippen molar-refractivity contribution in [2.45, 2.75) is 76.0 Å². The molecule has 34 heavy (non-hydrogen) atoms. The first-order valence-corrected chi connectivity index (χ1v) is 13.2. The second kappa shape index (κ2) is 10.5. The predicted octanol–water partition coefficient (Wildman–Crippen LogP) is 5.42. The number of amides is 2. The second-order valence-corrected chi connectivity index (χ2v) is 12.2. The van der Waals surface area contributed by atoms with Crippen molar-refractivity contribution in [3.8, 4) is 11.4 Å². The normalized spacial score (nSPS) is 19.1. The summed E-state index contributed by atoms with van der Waals surface area (Å²) in [6.07, 6.45) is 3.32. The van der Waals surface area contributed by atoms with E-state index in [0.29, 0.717) is 30.3 Å². The third-order valence-corrected chi connectivity index (χ3v) is 7.63. The van der Waals surface area contributed by atoms with E-state index in [9.17, 15) is 4.79 Å². The highest BCUT2D eigenvalue weighted by atomic mass is 32.2. The summed E-state index contributed by atoms with van der Waals surface area (Å²) in [5.41, 5.74) is 2.71. The lowest BCUT2D eigenvalue weighted by molar-refractivity contribution is 0.0985. The largest absolute Gasteiger partial charge is 0.377 e. The van der Waals surface area contributed by atoms with Gasteiger partial charge in [-0.3, -0.25) is 0 Å². The van der Waals surface area contributed by atoms with E-state index in [4.69, 9.17) is 14.7 Å². The molecule has 1 aromatic carbocycles. The number of anilines is 2. The van der Waals surface area contributed by atoms with Gasteiger partial charge in [-0.1, -0.05) is 13.8 Å². The van der Waals surface area contributed by atoms with Gasteiger partial charge in [-0.2, -0.15) is 0 Å². The lowest BCUT2D eigenvalue weighted by atomic mass is 9.93. The second-order valence-electron chi connectivity index (χ2n) is 10.0. The number of ether oxygens (including phenoxy) is 1. The third-order valence-electron chi connectivity index (χ3n) is 6.36. The van der Waals surface area contributed by atoms with Crippen LogP contribution < -0.4 is 15.5 Å². The Morgan fingerprint density at radius 3 is 2.56 bits per heavy atom. The fourth-order valence-corrected chi connectivity index (χ4v) is 5.75. The highest BCUT2D eigenvalue weighted by molar-refractivity contribution is 8.00. The van der Waals surface area contributed by atoms with E-state index in [-0.39, 0.29) is 16.8 Å². The van der Waals surface area contributed by atoms with Crippen LogP contribution in [0, 0.1) is 0 Å². The Bertz CT molecular complexity index is 991. The minimum absolute atomic E-state index is 0.147. The first-order chi connectivity index (χ1) is 16.2. The molecule has 1 aromatic heterocycles. The van der Waals surface area contributed by atoms with Gasteiger partial charge in [0.25, 0.3) is 0 Å². The fourth-order valence-electron chi connectivity index (χ4n) is 4.34. The molecule has 1 aliphatic heterocycles. The monoisotopic (exact) mass is 483 g/mol. The minimum Gasteiger partial charge on any atom is -0.377 e. The van der Waals surface area contributed by atoms with E-state index in [0.717, 1.165) is 42.1 Å². The highest BCUT2D eigenvalue weighted by Crippen LogP contribution is 2.39. The van der Waals surface area contributed by atoms with Gasteiger partial charge in [-0.05, 0) is 69.5 Å². The number of hydrogen-bond acceptors (Lipinski definition) is 6. The van der Waals surface area contributed by atoms with Crippen LogP contribution in [-0.4, -0.2) is 53.1 Å². The summed E-state index contributed by atoms with van der Waals surface area (Å²) >= 11 is 1.90. The molecule has 1 saturated carbocycles. The van der Waals surface area contributed by atoms with Crippen molar-refractivity contribution in [2.75, 3.05) is 30.0 Å². The molecule has 7 nitrogen and oxygen atoms in total. The van der Waals surface area contributed by atoms with Crippen molar-refractivity contribution in [1.82, 2.24) is 15.3 Å². The average molecular weight is 484 g/mol. The molecule has 1 aliphatic carbocycles. The quantitative estimate of drug-likeness (QED) is 0.547. The zero-order valence-corrected chi connectivity index (χ0v) is 21.7. The molecule has 1 saturated heterocycles. The summed E-state index contributed by atoms with van der Waals surface area (Å²) in [6.45, 7) is 13.3. The molecule has 4 rings (SSSR count). The maximum absolute atomic E-state index is 12.2. The topological polar surface area (TPSA) is 79.4 Å². The molecule has 0 spiro atoms. The number of nitrogens with zero attached hydrogens (tertiary/aromatic N) is 3. The molecule has 2 aliphatic rings. The van der Waals surface area contributed by atoms with E-state index >= 15 is 0 Å². The maximum atomic E-state index is 12.2. The molecular weight excluding hydrogens is 446 g/mol. The van der Waals surface area contributed by atoms with Crippen LogP contribution >= 0.6 is 11.8 Å². The fraction of sp³-hybridized carbons (Fsp3) is 0.577. The number of benzene rings is 1. The first kappa shape index (κ1) is 24.8. The molecular formula is C26H37N5O2S. The Kier molecular flexibility index (Phi) is 7.67. The van der Waals surface area contributed by atoms with E-state index in [2.05, 4.69) is 56.2 Å². The van der Waals surface area contributed by atoms with Gasteiger partial charge >= 0.3 is 6.03 Å². The number of morpholine rings is 1. The van der Waals surface area contributed by atoms with Gasteiger partial charge in [-0.25, -0.2) is 14.8 Å². The zero-order chi connectivity index (χ0) is 24.3. The maximum Gasteiger partial charge on any atom is 0.319 e. The van der Waals surface area contributed by atoms with Gasteiger partial charge in [0.2, 0.25) is 0 Å². The number of nitrogens with one attached hydrogen (secondary N) is 2. The molecule has 184 valence electrons. The minimum atomic E-state index is -0.156. The van der Waals surface area contributed by atoms with Crippen LogP contribution in [0.15, 0.2) is 30.3 Å². The lowest BCUT2D eigenvalue weighted by Crippen LogP contribution is -2.44. The molecule has 2 amide bonds. The van der Waals surface area contributed by atoms with Gasteiger partial charge < -0.3 is 20.3 Å². The molecule has 0 radical (unpaired) electrons. The SMILES string of the molecule is CC(C)SC(C)(C)c1cc(N2CCOC[C@@H]2C)nc(-c2ccc(NC(=O)NC3CCC3)cc2)n1. The number of thioether (sulfide) groups is 1. The van der Waals surface area contributed by atoms with E-state index in [1.807, 2.05) is 36.0 Å². The molecule has 2 N–H and O–H groups in total. The van der Waals surface area contributed by atoms with Crippen molar-refractivity contribution in [1.29, 1.82) is 0 Å². The summed E-state index contributed by atoms with van der Waals surface area (Å²) in [6, 6.07) is 10.3. The van der Waals surface area contributed by atoms with Crippen LogP contribution in [0.2, 0.25) is 0 Å². The summed E-state index contributed by atoms with van der Waals surface area (Å²) in [5, 5.41) is 6.42. The molecule has 1 atom stereocenters. The van der Waals surface area contributed by atoms with Gasteiger partial charge in [0.1, 0.15) is 5.82 Å². The zero-order valence-electron chi connectivity index (χ0n) is 20.9. The molecule has 2 aromatic rings. The number of urea groups is 1. The standard InChI is InChI=1S/C26H37N5O2S/c1-17(2)34-26(4,5)22-15-23(31-13-14-33-16-18(31)3)30-24(29-22)19-9-11-21(12-10-19)28-25(32)27-20-7-6-8-20/h9-12,15,17-18,20H,6-8,13-14,16H2,1-5H3,(H2,27,28,32)/t18-/m0/s1. The Hall–Kier alpha value is -2.32. The molecule has 8 heteroatoms. The van der Waals surface area contributed by atoms with E-state index in [1.54, 1.807) is 0 Å². The summed E-state index contributed by atoms with van der Waals surface area (Å²) in [7, 11) is 0. The molecule has 0 unspecified atom stereocenters. The number of carbonyl (C=O) groups is 1. The third kappa shape index (κ3) is 6.02. The number of carbonyl (C=O) groups excluding carboxylic acids is 1. The van der Waals surface area contributed by atoms with Gasteiger partial charge in [0.05, 0.1) is 29.7 Å². The smallest absolute Gasteiger partial charge is 0.319 e. The van der Waals surface area contributed by atoms with Crippen molar-refractivity contribution < 1.29 is 9.53 Å². The number of aromatic nitrogens is 2. The average Bonchev–Trinajstić information content (AvgIpc) is 2.76. The Labute approximate surface area is 207 Å². The van der Waals surface area contributed by atoms with Crippen LogP contribution in [0.5, 0.6) is 0 Å². The van der Waals surface area contributed by atoms with Crippen molar-refractivity contribution in [3.05, 3.63) is 36.0 Å². The van der Waals surface area contributed by atoms with Crippen LogP contribution in [-0.2, 0) is 9.48 Å². The summed E-state index contributed by atoms with van der Waals surface area (Å²) < 4.78 is 5.49. The summed E-state index contributed by atoms with van der Waals surface area (Å²) in [4.78, 5) is 24.5.